The largest absolute Gasteiger partial charge is 0.399 e. The highest BCUT2D eigenvalue weighted by Gasteiger charge is 2.10. The molecule has 0 heterocycles. The van der Waals surface area contributed by atoms with Gasteiger partial charge in [0.1, 0.15) is 0 Å². The highest BCUT2D eigenvalue weighted by molar-refractivity contribution is 6.33. The lowest BCUT2D eigenvalue weighted by Gasteiger charge is -2.16. The third kappa shape index (κ3) is 3.65. The summed E-state index contributed by atoms with van der Waals surface area (Å²) in [6, 6.07) is 14.0. The smallest absolute Gasteiger partial charge is 0.319 e. The normalized spacial score (nSPS) is 11.7. The van der Waals surface area contributed by atoms with Gasteiger partial charge in [0.2, 0.25) is 0 Å². The molecule has 2 rings (SSSR count). The molecule has 0 bridgehead atoms. The molecule has 0 spiro atoms. The Morgan fingerprint density at radius 3 is 2.65 bits per heavy atom. The molecule has 0 radical (unpaired) electrons. The second-order valence-corrected chi connectivity index (χ2v) is 4.88. The molecule has 0 aliphatic rings. The van der Waals surface area contributed by atoms with Crippen molar-refractivity contribution in [3.63, 3.8) is 0 Å². The Morgan fingerprint density at radius 2 is 1.95 bits per heavy atom. The summed E-state index contributed by atoms with van der Waals surface area (Å²) in [5.41, 5.74) is 7.91. The third-order valence-electron chi connectivity index (χ3n) is 2.88. The molecule has 0 aromatic heterocycles. The second kappa shape index (κ2) is 6.30. The Kier molecular flexibility index (Phi) is 4.48. The molecule has 4 N–H and O–H groups in total. The summed E-state index contributed by atoms with van der Waals surface area (Å²) in [4.78, 5) is 11.9. The van der Waals surface area contributed by atoms with Gasteiger partial charge >= 0.3 is 6.03 Å². The molecule has 0 saturated heterocycles. The van der Waals surface area contributed by atoms with Crippen molar-refractivity contribution >= 4 is 29.0 Å². The number of carbonyl (C=O) groups excluding carboxylic acids is 1. The highest BCUT2D eigenvalue weighted by Crippen LogP contribution is 2.21. The third-order valence-corrected chi connectivity index (χ3v) is 3.21. The minimum atomic E-state index is -0.312. The number of nitrogens with one attached hydrogen (secondary N) is 2. The maximum atomic E-state index is 11.9. The molecule has 0 aliphatic carbocycles. The van der Waals surface area contributed by atoms with Gasteiger partial charge in [-0.1, -0.05) is 35.9 Å². The van der Waals surface area contributed by atoms with Crippen molar-refractivity contribution in [1.82, 2.24) is 5.32 Å². The highest BCUT2D eigenvalue weighted by atomic mass is 35.5. The summed E-state index contributed by atoms with van der Waals surface area (Å²) < 4.78 is 0. The summed E-state index contributed by atoms with van der Waals surface area (Å²) in [6.07, 6.45) is 0. The number of anilines is 2. The van der Waals surface area contributed by atoms with Gasteiger partial charge in [-0.25, -0.2) is 4.79 Å². The van der Waals surface area contributed by atoms with Crippen molar-refractivity contribution in [2.45, 2.75) is 13.0 Å². The molecule has 1 atom stereocenters. The quantitative estimate of drug-likeness (QED) is 0.752. The van der Waals surface area contributed by atoms with Crippen molar-refractivity contribution in [3.05, 3.63) is 59.1 Å². The van der Waals surface area contributed by atoms with E-state index in [1.807, 2.05) is 31.2 Å². The van der Waals surface area contributed by atoms with E-state index in [0.717, 1.165) is 5.56 Å². The van der Waals surface area contributed by atoms with Gasteiger partial charge in [0.15, 0.2) is 0 Å². The number of nitrogen functional groups attached to an aromatic ring is 1. The lowest BCUT2D eigenvalue weighted by Crippen LogP contribution is -2.31. The first kappa shape index (κ1) is 14.2. The Morgan fingerprint density at radius 1 is 1.20 bits per heavy atom. The average Bonchev–Trinajstić information content (AvgIpc) is 2.41. The van der Waals surface area contributed by atoms with Gasteiger partial charge in [0, 0.05) is 5.69 Å². The molecular formula is C15H16ClN3O. The molecule has 4 nitrogen and oxygen atoms in total. The Labute approximate surface area is 122 Å². The van der Waals surface area contributed by atoms with Crippen LogP contribution in [0.15, 0.2) is 48.5 Å². The molecule has 0 saturated carbocycles. The van der Waals surface area contributed by atoms with Crippen LogP contribution in [0.25, 0.3) is 0 Å². The van der Waals surface area contributed by atoms with Gasteiger partial charge in [-0.05, 0) is 36.8 Å². The van der Waals surface area contributed by atoms with E-state index < -0.39 is 0 Å². The van der Waals surface area contributed by atoms with E-state index in [4.69, 9.17) is 17.3 Å². The van der Waals surface area contributed by atoms with Crippen LogP contribution in [-0.4, -0.2) is 6.03 Å². The van der Waals surface area contributed by atoms with Gasteiger partial charge in [-0.3, -0.25) is 0 Å². The molecule has 20 heavy (non-hydrogen) atoms. The fourth-order valence-corrected chi connectivity index (χ4v) is 2.01. The predicted octanol–water partition coefficient (Wildman–Crippen LogP) is 3.80. The number of hydrogen-bond donors (Lipinski definition) is 3. The van der Waals surface area contributed by atoms with Gasteiger partial charge in [-0.15, -0.1) is 0 Å². The van der Waals surface area contributed by atoms with Crippen LogP contribution in [0.1, 0.15) is 18.5 Å². The van der Waals surface area contributed by atoms with Crippen LogP contribution in [0.3, 0.4) is 0 Å². The van der Waals surface area contributed by atoms with Crippen molar-refractivity contribution in [2.24, 2.45) is 0 Å². The van der Waals surface area contributed by atoms with Gasteiger partial charge in [-0.2, -0.15) is 0 Å². The summed E-state index contributed by atoms with van der Waals surface area (Å²) >= 11 is 5.98. The lowest BCUT2D eigenvalue weighted by atomic mass is 10.1. The zero-order chi connectivity index (χ0) is 14.5. The van der Waals surface area contributed by atoms with Crippen LogP contribution in [-0.2, 0) is 0 Å². The monoisotopic (exact) mass is 289 g/mol. The molecule has 5 heteroatoms. The summed E-state index contributed by atoms with van der Waals surface area (Å²) in [5, 5.41) is 6.05. The maximum Gasteiger partial charge on any atom is 0.319 e. The van der Waals surface area contributed by atoms with E-state index in [1.165, 1.54) is 0 Å². The number of nitrogens with two attached hydrogens (primary N) is 1. The number of carbonyl (C=O) groups is 1. The first-order valence-corrected chi connectivity index (χ1v) is 6.61. The zero-order valence-corrected chi connectivity index (χ0v) is 11.8. The number of hydrogen-bond acceptors (Lipinski definition) is 2. The van der Waals surface area contributed by atoms with E-state index in [0.29, 0.717) is 16.4 Å². The van der Waals surface area contributed by atoms with Gasteiger partial charge in [0.25, 0.3) is 0 Å². The Hall–Kier alpha value is -2.20. The molecule has 1 unspecified atom stereocenters. The summed E-state index contributed by atoms with van der Waals surface area (Å²) in [7, 11) is 0. The van der Waals surface area contributed by atoms with Crippen LogP contribution in [0.4, 0.5) is 16.2 Å². The topological polar surface area (TPSA) is 67.2 Å². The van der Waals surface area contributed by atoms with E-state index in [1.54, 1.807) is 24.3 Å². The average molecular weight is 290 g/mol. The van der Waals surface area contributed by atoms with Crippen LogP contribution >= 0.6 is 11.6 Å². The van der Waals surface area contributed by atoms with Crippen molar-refractivity contribution in [1.29, 1.82) is 0 Å². The van der Waals surface area contributed by atoms with Gasteiger partial charge in [0.05, 0.1) is 16.8 Å². The fourth-order valence-electron chi connectivity index (χ4n) is 1.83. The number of rotatable bonds is 3. The molecule has 104 valence electrons. The van der Waals surface area contributed by atoms with Crippen LogP contribution in [0.2, 0.25) is 5.02 Å². The van der Waals surface area contributed by atoms with Gasteiger partial charge < -0.3 is 16.4 Å². The summed E-state index contributed by atoms with van der Waals surface area (Å²) in [5.74, 6) is 0. The van der Waals surface area contributed by atoms with Crippen molar-refractivity contribution < 1.29 is 4.79 Å². The number of amides is 2. The molecule has 0 fully saturated rings. The SMILES string of the molecule is CC(NC(=O)Nc1ccccc1Cl)c1cccc(N)c1. The number of halogens is 1. The zero-order valence-electron chi connectivity index (χ0n) is 11.1. The Bertz CT molecular complexity index is 616. The molecular weight excluding hydrogens is 274 g/mol. The standard InChI is InChI=1S/C15H16ClN3O/c1-10(11-5-4-6-12(17)9-11)18-15(20)19-14-8-3-2-7-13(14)16/h2-10H,17H2,1H3,(H2,18,19,20). The minimum absolute atomic E-state index is 0.152. The molecule has 0 aliphatic heterocycles. The first-order chi connectivity index (χ1) is 9.56. The number of urea groups is 1. The van der Waals surface area contributed by atoms with E-state index >= 15 is 0 Å². The lowest BCUT2D eigenvalue weighted by molar-refractivity contribution is 0.249. The van der Waals surface area contributed by atoms with E-state index in [2.05, 4.69) is 10.6 Å². The predicted molar refractivity (Wildman–Crippen MR) is 82.9 cm³/mol. The van der Waals surface area contributed by atoms with Crippen molar-refractivity contribution in [3.8, 4) is 0 Å². The molecule has 2 aromatic rings. The van der Waals surface area contributed by atoms with E-state index in [-0.39, 0.29) is 12.1 Å². The van der Waals surface area contributed by atoms with Crippen LogP contribution in [0, 0.1) is 0 Å². The second-order valence-electron chi connectivity index (χ2n) is 4.47. The fraction of sp³-hybridized carbons (Fsp3) is 0.133. The molecule has 2 aromatic carbocycles. The Balaban J connectivity index is 2.00. The summed E-state index contributed by atoms with van der Waals surface area (Å²) in [6.45, 7) is 1.89. The number of benzene rings is 2. The molecule has 2 amide bonds. The van der Waals surface area contributed by atoms with Crippen LogP contribution in [0.5, 0.6) is 0 Å². The first-order valence-electron chi connectivity index (χ1n) is 6.24. The van der Waals surface area contributed by atoms with Crippen molar-refractivity contribution in [2.75, 3.05) is 11.1 Å². The number of para-hydroxylation sites is 1. The van der Waals surface area contributed by atoms with Crippen LogP contribution < -0.4 is 16.4 Å². The van der Waals surface area contributed by atoms with E-state index in [9.17, 15) is 4.79 Å². The maximum absolute atomic E-state index is 11.9. The minimum Gasteiger partial charge on any atom is -0.399 e.